The molecular formula is C16H15BrO3. The molecule has 0 saturated carbocycles. The maximum Gasteiger partial charge on any atom is 0.193 e. The van der Waals surface area contributed by atoms with Gasteiger partial charge in [0.05, 0.1) is 14.2 Å². The second-order valence-corrected chi connectivity index (χ2v) is 5.22. The van der Waals surface area contributed by atoms with Crippen LogP contribution in [0.15, 0.2) is 40.9 Å². The molecule has 2 aromatic carbocycles. The van der Waals surface area contributed by atoms with Gasteiger partial charge in [-0.2, -0.15) is 0 Å². The van der Waals surface area contributed by atoms with Gasteiger partial charge in [0, 0.05) is 15.6 Å². The third-order valence-electron chi connectivity index (χ3n) is 3.08. The van der Waals surface area contributed by atoms with E-state index in [1.807, 2.05) is 25.1 Å². The molecule has 0 aromatic heterocycles. The lowest BCUT2D eigenvalue weighted by molar-refractivity contribution is 0.103. The summed E-state index contributed by atoms with van der Waals surface area (Å²) in [6.45, 7) is 1.98. The van der Waals surface area contributed by atoms with Gasteiger partial charge >= 0.3 is 0 Å². The minimum absolute atomic E-state index is 0.0494. The van der Waals surface area contributed by atoms with Gasteiger partial charge in [0.15, 0.2) is 17.3 Å². The highest BCUT2D eigenvalue weighted by Gasteiger charge is 2.13. The third-order valence-corrected chi connectivity index (χ3v) is 3.93. The predicted molar refractivity (Wildman–Crippen MR) is 81.9 cm³/mol. The average Bonchev–Trinajstić information content (AvgIpc) is 2.48. The van der Waals surface area contributed by atoms with Crippen molar-refractivity contribution in [3.63, 3.8) is 0 Å². The van der Waals surface area contributed by atoms with E-state index in [0.29, 0.717) is 22.6 Å². The number of aryl methyl sites for hydroxylation is 1. The van der Waals surface area contributed by atoms with Crippen LogP contribution in [0.2, 0.25) is 0 Å². The van der Waals surface area contributed by atoms with Crippen LogP contribution in [0.5, 0.6) is 11.5 Å². The Bertz CT molecular complexity index is 650. The molecular weight excluding hydrogens is 320 g/mol. The van der Waals surface area contributed by atoms with Crippen molar-refractivity contribution in [1.29, 1.82) is 0 Å². The molecule has 0 N–H and O–H groups in total. The molecule has 4 heteroatoms. The second-order valence-electron chi connectivity index (χ2n) is 4.36. The molecule has 2 aromatic rings. The average molecular weight is 335 g/mol. The van der Waals surface area contributed by atoms with Crippen molar-refractivity contribution in [2.75, 3.05) is 14.2 Å². The quantitative estimate of drug-likeness (QED) is 0.792. The first-order chi connectivity index (χ1) is 9.56. The molecule has 0 aliphatic carbocycles. The molecule has 0 heterocycles. The number of ether oxygens (including phenoxy) is 2. The zero-order valence-corrected chi connectivity index (χ0v) is 13.2. The Labute approximate surface area is 126 Å². The number of carbonyl (C=O) groups is 1. The molecule has 0 atom stereocenters. The van der Waals surface area contributed by atoms with E-state index < -0.39 is 0 Å². The summed E-state index contributed by atoms with van der Waals surface area (Å²) in [6.07, 6.45) is 0. The highest BCUT2D eigenvalue weighted by Crippen LogP contribution is 2.29. The molecule has 0 spiro atoms. The van der Waals surface area contributed by atoms with Gasteiger partial charge in [0.2, 0.25) is 0 Å². The van der Waals surface area contributed by atoms with E-state index in [1.54, 1.807) is 32.4 Å². The SMILES string of the molecule is COc1ccc(C(=O)c2ccc(C)c(Br)c2)cc1OC. The molecule has 0 radical (unpaired) electrons. The number of rotatable bonds is 4. The Kier molecular flexibility index (Phi) is 4.45. The highest BCUT2D eigenvalue weighted by molar-refractivity contribution is 9.10. The third kappa shape index (κ3) is 2.85. The Hall–Kier alpha value is -1.81. The molecule has 0 fully saturated rings. The number of hydrogen-bond acceptors (Lipinski definition) is 3. The van der Waals surface area contributed by atoms with Crippen LogP contribution in [0.25, 0.3) is 0 Å². The van der Waals surface area contributed by atoms with E-state index >= 15 is 0 Å². The molecule has 2 rings (SSSR count). The number of halogens is 1. The fraction of sp³-hybridized carbons (Fsp3) is 0.188. The van der Waals surface area contributed by atoms with Crippen LogP contribution >= 0.6 is 15.9 Å². The van der Waals surface area contributed by atoms with Crippen LogP contribution in [0, 0.1) is 6.92 Å². The van der Waals surface area contributed by atoms with Gasteiger partial charge in [-0.05, 0) is 36.8 Å². The highest BCUT2D eigenvalue weighted by atomic mass is 79.9. The van der Waals surface area contributed by atoms with E-state index in [2.05, 4.69) is 15.9 Å². The first-order valence-electron chi connectivity index (χ1n) is 6.09. The zero-order chi connectivity index (χ0) is 14.7. The Balaban J connectivity index is 2.40. The molecule has 0 aliphatic heterocycles. The van der Waals surface area contributed by atoms with E-state index in [1.165, 1.54) is 0 Å². The van der Waals surface area contributed by atoms with Crippen molar-refractivity contribution in [1.82, 2.24) is 0 Å². The minimum atomic E-state index is -0.0494. The Morgan fingerprint density at radius 2 is 1.55 bits per heavy atom. The summed E-state index contributed by atoms with van der Waals surface area (Å²) in [4.78, 5) is 12.5. The van der Waals surface area contributed by atoms with Gasteiger partial charge in [0.1, 0.15) is 0 Å². The van der Waals surface area contributed by atoms with Crippen LogP contribution in [-0.4, -0.2) is 20.0 Å². The van der Waals surface area contributed by atoms with Gasteiger partial charge in [-0.3, -0.25) is 4.79 Å². The van der Waals surface area contributed by atoms with Crippen LogP contribution in [0.3, 0.4) is 0 Å². The lowest BCUT2D eigenvalue weighted by Gasteiger charge is -2.09. The normalized spacial score (nSPS) is 10.2. The summed E-state index contributed by atoms with van der Waals surface area (Å²) in [5.41, 5.74) is 2.29. The molecule has 0 amide bonds. The number of hydrogen-bond donors (Lipinski definition) is 0. The summed E-state index contributed by atoms with van der Waals surface area (Å²) < 4.78 is 11.3. The molecule has 0 bridgehead atoms. The second kappa shape index (κ2) is 6.09. The van der Waals surface area contributed by atoms with E-state index in [-0.39, 0.29) is 5.78 Å². The number of benzene rings is 2. The topological polar surface area (TPSA) is 35.5 Å². The maximum atomic E-state index is 12.5. The van der Waals surface area contributed by atoms with Crippen molar-refractivity contribution in [3.8, 4) is 11.5 Å². The molecule has 0 unspecified atom stereocenters. The summed E-state index contributed by atoms with van der Waals surface area (Å²) in [6, 6.07) is 10.7. The van der Waals surface area contributed by atoms with Gasteiger partial charge < -0.3 is 9.47 Å². The van der Waals surface area contributed by atoms with Crippen molar-refractivity contribution in [2.45, 2.75) is 6.92 Å². The van der Waals surface area contributed by atoms with Gasteiger partial charge in [0.25, 0.3) is 0 Å². The number of carbonyl (C=O) groups excluding carboxylic acids is 1. The lowest BCUT2D eigenvalue weighted by atomic mass is 10.0. The van der Waals surface area contributed by atoms with E-state index in [0.717, 1.165) is 10.0 Å². The summed E-state index contributed by atoms with van der Waals surface area (Å²) in [7, 11) is 3.12. The van der Waals surface area contributed by atoms with Crippen molar-refractivity contribution >= 4 is 21.7 Å². The van der Waals surface area contributed by atoms with Gasteiger partial charge in [-0.1, -0.05) is 28.1 Å². The standard InChI is InChI=1S/C16H15BrO3/c1-10-4-5-11(8-13(10)17)16(18)12-6-7-14(19-2)15(9-12)20-3/h4-9H,1-3H3. The molecule has 0 saturated heterocycles. The van der Waals surface area contributed by atoms with Crippen molar-refractivity contribution < 1.29 is 14.3 Å². The van der Waals surface area contributed by atoms with E-state index in [4.69, 9.17) is 9.47 Å². The van der Waals surface area contributed by atoms with Crippen LogP contribution in [-0.2, 0) is 0 Å². The Morgan fingerprint density at radius 1 is 0.950 bits per heavy atom. The monoisotopic (exact) mass is 334 g/mol. The van der Waals surface area contributed by atoms with E-state index in [9.17, 15) is 4.79 Å². The molecule has 20 heavy (non-hydrogen) atoms. The fourth-order valence-electron chi connectivity index (χ4n) is 1.88. The lowest BCUT2D eigenvalue weighted by Crippen LogP contribution is -2.02. The maximum absolute atomic E-state index is 12.5. The molecule has 104 valence electrons. The van der Waals surface area contributed by atoms with Crippen molar-refractivity contribution in [2.24, 2.45) is 0 Å². The first kappa shape index (κ1) is 14.6. The number of ketones is 1. The van der Waals surface area contributed by atoms with Gasteiger partial charge in [-0.15, -0.1) is 0 Å². The minimum Gasteiger partial charge on any atom is -0.493 e. The molecule has 3 nitrogen and oxygen atoms in total. The largest absolute Gasteiger partial charge is 0.493 e. The Morgan fingerprint density at radius 3 is 2.15 bits per heavy atom. The summed E-state index contributed by atoms with van der Waals surface area (Å²) >= 11 is 3.44. The summed E-state index contributed by atoms with van der Waals surface area (Å²) in [5.74, 6) is 1.10. The fourth-order valence-corrected chi connectivity index (χ4v) is 2.26. The predicted octanol–water partition coefficient (Wildman–Crippen LogP) is 4.01. The molecule has 0 aliphatic rings. The zero-order valence-electron chi connectivity index (χ0n) is 11.6. The smallest absolute Gasteiger partial charge is 0.193 e. The van der Waals surface area contributed by atoms with Crippen LogP contribution in [0.4, 0.5) is 0 Å². The van der Waals surface area contributed by atoms with Crippen molar-refractivity contribution in [3.05, 3.63) is 57.6 Å². The number of methoxy groups -OCH3 is 2. The van der Waals surface area contributed by atoms with Gasteiger partial charge in [-0.25, -0.2) is 0 Å². The van der Waals surface area contributed by atoms with Crippen LogP contribution in [0.1, 0.15) is 21.5 Å². The summed E-state index contributed by atoms with van der Waals surface area (Å²) in [5, 5.41) is 0. The first-order valence-corrected chi connectivity index (χ1v) is 6.89. The van der Waals surface area contributed by atoms with Crippen LogP contribution < -0.4 is 9.47 Å².